The maximum atomic E-state index is 12.7. The standard InChI is InChI=1S/C18H18ClN7O4/c1-11(19)8-9-25-14-15(23(2)18(28)24(3)16(14)27)21-17(25)22-20-10-12-4-6-13(7-5-12)26(29)30/h4-8,10H,9H2,1-3H3,(H,21,22). The van der Waals surface area contributed by atoms with Gasteiger partial charge < -0.3 is 0 Å². The highest BCUT2D eigenvalue weighted by atomic mass is 35.5. The number of nitro groups is 1. The van der Waals surface area contributed by atoms with E-state index in [-0.39, 0.29) is 29.3 Å². The van der Waals surface area contributed by atoms with E-state index in [0.717, 1.165) is 4.57 Å². The molecule has 0 unspecified atom stereocenters. The molecular formula is C18H18ClN7O4. The number of anilines is 1. The average Bonchev–Trinajstić information content (AvgIpc) is 3.08. The van der Waals surface area contributed by atoms with Gasteiger partial charge in [-0.2, -0.15) is 10.1 Å². The smallest absolute Gasteiger partial charge is 0.299 e. The third-order valence-electron chi connectivity index (χ3n) is 4.39. The van der Waals surface area contributed by atoms with Gasteiger partial charge in [-0.1, -0.05) is 17.7 Å². The second-order valence-electron chi connectivity index (χ2n) is 6.43. The molecule has 3 aromatic rings. The van der Waals surface area contributed by atoms with E-state index in [9.17, 15) is 19.7 Å². The summed E-state index contributed by atoms with van der Waals surface area (Å²) in [5.41, 5.74) is 2.79. The Labute approximate surface area is 174 Å². The Hall–Kier alpha value is -3.73. The zero-order valence-electron chi connectivity index (χ0n) is 16.4. The number of hydrogen-bond acceptors (Lipinski definition) is 7. The van der Waals surface area contributed by atoms with Crippen LogP contribution in [0.3, 0.4) is 0 Å². The average molecular weight is 432 g/mol. The number of imidazole rings is 1. The maximum absolute atomic E-state index is 12.7. The number of nitro benzene ring substituents is 1. The van der Waals surface area contributed by atoms with Gasteiger partial charge in [-0.15, -0.1) is 0 Å². The van der Waals surface area contributed by atoms with Crippen molar-refractivity contribution in [2.24, 2.45) is 19.2 Å². The fourth-order valence-corrected chi connectivity index (χ4v) is 2.84. The van der Waals surface area contributed by atoms with Gasteiger partial charge in [0.25, 0.3) is 11.2 Å². The Morgan fingerprint density at radius 2 is 1.93 bits per heavy atom. The number of nitrogens with zero attached hydrogens (tertiary/aromatic N) is 6. The van der Waals surface area contributed by atoms with Crippen molar-refractivity contribution >= 4 is 40.6 Å². The summed E-state index contributed by atoms with van der Waals surface area (Å²) in [6.45, 7) is 1.93. The first-order valence-corrected chi connectivity index (χ1v) is 9.10. The van der Waals surface area contributed by atoms with Gasteiger partial charge in [-0.05, 0) is 24.6 Å². The van der Waals surface area contributed by atoms with Crippen LogP contribution >= 0.6 is 11.6 Å². The Morgan fingerprint density at radius 1 is 1.27 bits per heavy atom. The van der Waals surface area contributed by atoms with Crippen LogP contribution < -0.4 is 16.7 Å². The van der Waals surface area contributed by atoms with Crippen LogP contribution in [0, 0.1) is 10.1 Å². The molecule has 0 saturated heterocycles. The van der Waals surface area contributed by atoms with Gasteiger partial charge in [0.1, 0.15) is 0 Å². The van der Waals surface area contributed by atoms with Crippen molar-refractivity contribution in [1.82, 2.24) is 18.7 Å². The molecule has 3 rings (SSSR count). The Bertz CT molecular complexity index is 1300. The van der Waals surface area contributed by atoms with Crippen LogP contribution in [0.4, 0.5) is 11.6 Å². The number of non-ortho nitro benzene ring substituents is 1. The predicted molar refractivity (Wildman–Crippen MR) is 114 cm³/mol. The lowest BCUT2D eigenvalue weighted by atomic mass is 10.2. The van der Waals surface area contributed by atoms with Gasteiger partial charge >= 0.3 is 5.69 Å². The van der Waals surface area contributed by atoms with Crippen molar-refractivity contribution in [3.63, 3.8) is 0 Å². The van der Waals surface area contributed by atoms with Crippen molar-refractivity contribution < 1.29 is 4.92 Å². The number of allylic oxidation sites excluding steroid dienone is 2. The number of rotatable bonds is 6. The molecule has 0 spiro atoms. The Morgan fingerprint density at radius 3 is 2.53 bits per heavy atom. The molecule has 1 aromatic carbocycles. The summed E-state index contributed by atoms with van der Waals surface area (Å²) in [4.78, 5) is 39.5. The molecule has 0 aliphatic carbocycles. The third kappa shape index (κ3) is 4.01. The second-order valence-corrected chi connectivity index (χ2v) is 7.03. The van der Waals surface area contributed by atoms with Gasteiger partial charge in [0.15, 0.2) is 11.2 Å². The van der Waals surface area contributed by atoms with Crippen LogP contribution in [-0.4, -0.2) is 29.8 Å². The first-order valence-electron chi connectivity index (χ1n) is 8.72. The number of benzene rings is 1. The molecule has 30 heavy (non-hydrogen) atoms. The van der Waals surface area contributed by atoms with Gasteiger partial charge in [0, 0.05) is 37.8 Å². The molecule has 0 aliphatic rings. The molecule has 1 N–H and O–H groups in total. The van der Waals surface area contributed by atoms with E-state index in [1.807, 2.05) is 0 Å². The number of aromatic nitrogens is 4. The monoisotopic (exact) mass is 431 g/mol. The zero-order chi connectivity index (χ0) is 22.0. The molecule has 0 bridgehead atoms. The molecule has 0 radical (unpaired) electrons. The van der Waals surface area contributed by atoms with Crippen molar-refractivity contribution in [3.8, 4) is 0 Å². The number of hydrogen-bond donors (Lipinski definition) is 1. The van der Waals surface area contributed by atoms with Crippen molar-refractivity contribution in [3.05, 3.63) is 71.9 Å². The molecule has 0 saturated carbocycles. The third-order valence-corrected chi connectivity index (χ3v) is 4.54. The summed E-state index contributed by atoms with van der Waals surface area (Å²) in [7, 11) is 2.91. The van der Waals surface area contributed by atoms with Gasteiger partial charge in [0.2, 0.25) is 5.95 Å². The number of halogens is 1. The minimum atomic E-state index is -0.498. The van der Waals surface area contributed by atoms with E-state index in [0.29, 0.717) is 10.6 Å². The molecule has 2 aromatic heterocycles. The van der Waals surface area contributed by atoms with E-state index in [1.165, 1.54) is 37.0 Å². The fourth-order valence-electron chi connectivity index (χ4n) is 2.77. The highest BCUT2D eigenvalue weighted by molar-refractivity contribution is 6.29. The van der Waals surface area contributed by atoms with Crippen LogP contribution in [0.2, 0.25) is 0 Å². The lowest BCUT2D eigenvalue weighted by Gasteiger charge is -2.06. The largest absolute Gasteiger partial charge is 0.332 e. The minimum absolute atomic E-state index is 0.0260. The topological polar surface area (TPSA) is 129 Å². The van der Waals surface area contributed by atoms with Crippen molar-refractivity contribution in [1.29, 1.82) is 0 Å². The molecule has 0 atom stereocenters. The van der Waals surface area contributed by atoms with Crippen molar-refractivity contribution in [2.45, 2.75) is 13.5 Å². The van der Waals surface area contributed by atoms with E-state index < -0.39 is 16.2 Å². The molecule has 0 fully saturated rings. The van der Waals surface area contributed by atoms with Crippen LogP contribution in [0.1, 0.15) is 12.5 Å². The minimum Gasteiger partial charge on any atom is -0.299 e. The number of aryl methyl sites for hydroxylation is 1. The molecular weight excluding hydrogens is 414 g/mol. The van der Waals surface area contributed by atoms with E-state index >= 15 is 0 Å². The van der Waals surface area contributed by atoms with Crippen LogP contribution in [-0.2, 0) is 20.6 Å². The summed E-state index contributed by atoms with van der Waals surface area (Å²) in [6.07, 6.45) is 3.14. The Kier molecular flexibility index (Phi) is 5.83. The number of hydrazone groups is 1. The number of nitrogens with one attached hydrogen (secondary N) is 1. The molecule has 0 amide bonds. The lowest BCUT2D eigenvalue weighted by molar-refractivity contribution is -0.384. The summed E-state index contributed by atoms with van der Waals surface area (Å²) in [5, 5.41) is 15.4. The summed E-state index contributed by atoms with van der Waals surface area (Å²) < 4.78 is 3.84. The van der Waals surface area contributed by atoms with Crippen LogP contribution in [0.15, 0.2) is 50.1 Å². The summed E-state index contributed by atoms with van der Waals surface area (Å²) >= 11 is 5.94. The van der Waals surface area contributed by atoms with E-state index in [4.69, 9.17) is 11.6 Å². The van der Waals surface area contributed by atoms with Crippen molar-refractivity contribution in [2.75, 3.05) is 5.43 Å². The maximum Gasteiger partial charge on any atom is 0.332 e. The summed E-state index contributed by atoms with van der Waals surface area (Å²) in [5.74, 6) is 0.232. The fraction of sp³-hybridized carbons (Fsp3) is 0.222. The first-order chi connectivity index (χ1) is 14.2. The predicted octanol–water partition coefficient (Wildman–Crippen LogP) is 1.93. The van der Waals surface area contributed by atoms with Gasteiger partial charge in [-0.25, -0.2) is 10.2 Å². The van der Waals surface area contributed by atoms with E-state index in [2.05, 4.69) is 15.5 Å². The van der Waals surface area contributed by atoms with Gasteiger partial charge in [0.05, 0.1) is 11.1 Å². The zero-order valence-corrected chi connectivity index (χ0v) is 17.1. The highest BCUT2D eigenvalue weighted by Crippen LogP contribution is 2.17. The molecule has 11 nitrogen and oxygen atoms in total. The molecule has 156 valence electrons. The quantitative estimate of drug-likeness (QED) is 0.360. The molecule has 0 aliphatic heterocycles. The SMILES string of the molecule is CC(Cl)=CCn1c(NN=Cc2ccc([N+](=O)[O-])cc2)nc2c1c(=O)n(C)c(=O)n2C. The number of fused-ring (bicyclic) bond motifs is 1. The van der Waals surface area contributed by atoms with Gasteiger partial charge in [-0.3, -0.25) is 28.6 Å². The van der Waals surface area contributed by atoms with E-state index in [1.54, 1.807) is 29.7 Å². The first kappa shape index (κ1) is 21.0. The Balaban J connectivity index is 2.03. The molecule has 12 heteroatoms. The second kappa shape index (κ2) is 8.33. The van der Waals surface area contributed by atoms with Crippen LogP contribution in [0.25, 0.3) is 11.2 Å². The summed E-state index contributed by atoms with van der Waals surface area (Å²) in [6, 6.07) is 5.82. The molecule has 2 heterocycles. The van der Waals surface area contributed by atoms with Crippen LogP contribution in [0.5, 0.6) is 0 Å². The lowest BCUT2D eigenvalue weighted by Crippen LogP contribution is -2.37. The normalized spacial score (nSPS) is 12.1. The highest BCUT2D eigenvalue weighted by Gasteiger charge is 2.18.